The highest BCUT2D eigenvalue weighted by Gasteiger charge is 2.25. The second-order valence-corrected chi connectivity index (χ2v) is 6.15. The highest BCUT2D eigenvalue weighted by Crippen LogP contribution is 2.28. The number of ether oxygens (including phenoxy) is 1. The monoisotopic (exact) mass is 311 g/mol. The number of imidazole rings is 1. The fraction of sp³-hybridized carbons (Fsp3) is 0.389. The number of nitrogens with zero attached hydrogens (tertiary/aromatic N) is 2. The van der Waals surface area contributed by atoms with E-state index in [4.69, 9.17) is 9.15 Å². The molecule has 3 aromatic rings. The van der Waals surface area contributed by atoms with Gasteiger partial charge in [-0.15, -0.1) is 0 Å². The van der Waals surface area contributed by atoms with E-state index < -0.39 is 0 Å². The Labute approximate surface area is 135 Å². The van der Waals surface area contributed by atoms with E-state index in [9.17, 15) is 0 Å². The van der Waals surface area contributed by atoms with Crippen molar-refractivity contribution in [2.24, 2.45) is 7.05 Å². The molecule has 0 bridgehead atoms. The summed E-state index contributed by atoms with van der Waals surface area (Å²) in [6, 6.07) is 8.61. The Morgan fingerprint density at radius 3 is 3.13 bits per heavy atom. The average molecular weight is 311 g/mol. The third-order valence-electron chi connectivity index (χ3n) is 4.61. The van der Waals surface area contributed by atoms with Crippen LogP contribution in [0.15, 0.2) is 47.5 Å². The van der Waals surface area contributed by atoms with Crippen LogP contribution in [0.5, 0.6) is 0 Å². The smallest absolute Gasteiger partial charge is 0.134 e. The van der Waals surface area contributed by atoms with Gasteiger partial charge in [0.15, 0.2) is 0 Å². The van der Waals surface area contributed by atoms with Gasteiger partial charge in [-0.2, -0.15) is 0 Å². The minimum Gasteiger partial charge on any atom is -0.464 e. The number of aryl methyl sites for hydroxylation is 1. The van der Waals surface area contributed by atoms with E-state index in [1.54, 1.807) is 0 Å². The third kappa shape index (κ3) is 2.90. The summed E-state index contributed by atoms with van der Waals surface area (Å²) in [7, 11) is 2.01. The quantitative estimate of drug-likeness (QED) is 0.804. The molecule has 3 heterocycles. The Balaban J connectivity index is 1.42. The van der Waals surface area contributed by atoms with Crippen molar-refractivity contribution in [2.75, 3.05) is 6.61 Å². The molecule has 5 nitrogen and oxygen atoms in total. The molecule has 1 aliphatic rings. The normalized spacial score (nSPS) is 21.8. The standard InChI is InChI=1S/C18H21N3O2/c1-21-12-19-10-16(21)18-8-14(6-7-22-18)20-9-13-11-23-17-5-3-2-4-15(13)17/h2-5,10-12,14,18,20H,6-9H2,1H3. The van der Waals surface area contributed by atoms with Crippen molar-refractivity contribution >= 4 is 11.0 Å². The van der Waals surface area contributed by atoms with E-state index in [-0.39, 0.29) is 6.10 Å². The summed E-state index contributed by atoms with van der Waals surface area (Å²) in [5.74, 6) is 0. The fourth-order valence-electron chi connectivity index (χ4n) is 3.29. The number of furan rings is 1. The van der Waals surface area contributed by atoms with Crippen molar-refractivity contribution in [3.63, 3.8) is 0 Å². The van der Waals surface area contributed by atoms with Crippen LogP contribution in [0.4, 0.5) is 0 Å². The van der Waals surface area contributed by atoms with Crippen LogP contribution in [0.2, 0.25) is 0 Å². The van der Waals surface area contributed by atoms with Crippen molar-refractivity contribution in [3.8, 4) is 0 Å². The molecule has 1 aliphatic heterocycles. The Morgan fingerprint density at radius 1 is 1.35 bits per heavy atom. The molecule has 1 saturated heterocycles. The van der Waals surface area contributed by atoms with Crippen LogP contribution < -0.4 is 5.32 Å². The zero-order chi connectivity index (χ0) is 15.6. The first-order valence-electron chi connectivity index (χ1n) is 8.07. The summed E-state index contributed by atoms with van der Waals surface area (Å²) < 4.78 is 13.6. The van der Waals surface area contributed by atoms with E-state index in [0.29, 0.717) is 6.04 Å². The number of benzene rings is 1. The van der Waals surface area contributed by atoms with Crippen molar-refractivity contribution in [1.82, 2.24) is 14.9 Å². The first-order chi connectivity index (χ1) is 11.3. The predicted molar refractivity (Wildman–Crippen MR) is 88.0 cm³/mol. The maximum absolute atomic E-state index is 5.92. The summed E-state index contributed by atoms with van der Waals surface area (Å²) in [5.41, 5.74) is 3.30. The highest BCUT2D eigenvalue weighted by molar-refractivity contribution is 5.80. The molecule has 2 aromatic heterocycles. The number of fused-ring (bicyclic) bond motifs is 1. The minimum absolute atomic E-state index is 0.120. The molecule has 0 amide bonds. The molecule has 23 heavy (non-hydrogen) atoms. The van der Waals surface area contributed by atoms with Gasteiger partial charge in [0.2, 0.25) is 0 Å². The first-order valence-corrected chi connectivity index (χ1v) is 8.07. The topological polar surface area (TPSA) is 52.2 Å². The second kappa shape index (κ2) is 6.18. The molecule has 1 aromatic carbocycles. The Morgan fingerprint density at radius 2 is 2.26 bits per heavy atom. The molecule has 2 unspecified atom stereocenters. The third-order valence-corrected chi connectivity index (χ3v) is 4.61. The van der Waals surface area contributed by atoms with Crippen molar-refractivity contribution in [2.45, 2.75) is 31.5 Å². The number of rotatable bonds is 4. The molecule has 0 spiro atoms. The van der Waals surface area contributed by atoms with Gasteiger partial charge in [0.05, 0.1) is 24.5 Å². The number of hydrogen-bond acceptors (Lipinski definition) is 4. The van der Waals surface area contributed by atoms with Crippen LogP contribution in [0.1, 0.15) is 30.2 Å². The van der Waals surface area contributed by atoms with Crippen molar-refractivity contribution < 1.29 is 9.15 Å². The number of nitrogens with one attached hydrogen (secondary N) is 1. The molecule has 2 atom stereocenters. The molecular formula is C18H21N3O2. The predicted octanol–water partition coefficient (Wildman–Crippen LogP) is 3.18. The van der Waals surface area contributed by atoms with E-state index in [0.717, 1.165) is 37.3 Å². The summed E-state index contributed by atoms with van der Waals surface area (Å²) in [4.78, 5) is 4.19. The molecule has 0 aliphatic carbocycles. The van der Waals surface area contributed by atoms with Crippen molar-refractivity contribution in [3.05, 3.63) is 54.3 Å². The number of aromatic nitrogens is 2. The lowest BCUT2D eigenvalue weighted by Gasteiger charge is -2.30. The molecular weight excluding hydrogens is 290 g/mol. The molecule has 4 rings (SSSR count). The molecule has 120 valence electrons. The molecule has 0 radical (unpaired) electrons. The minimum atomic E-state index is 0.120. The number of hydrogen-bond donors (Lipinski definition) is 1. The zero-order valence-electron chi connectivity index (χ0n) is 13.2. The lowest BCUT2D eigenvalue weighted by molar-refractivity contribution is -0.00403. The van der Waals surface area contributed by atoms with Gasteiger partial charge in [0.25, 0.3) is 0 Å². The number of para-hydroxylation sites is 1. The Kier molecular flexibility index (Phi) is 3.89. The van der Waals surface area contributed by atoms with E-state index in [1.165, 1.54) is 10.9 Å². The van der Waals surface area contributed by atoms with Crippen molar-refractivity contribution in [1.29, 1.82) is 0 Å². The second-order valence-electron chi connectivity index (χ2n) is 6.15. The van der Waals surface area contributed by atoms with Crippen LogP contribution in [0.3, 0.4) is 0 Å². The van der Waals surface area contributed by atoms with E-state index >= 15 is 0 Å². The largest absolute Gasteiger partial charge is 0.464 e. The van der Waals surface area contributed by atoms with Gasteiger partial charge < -0.3 is 19.0 Å². The van der Waals surface area contributed by atoms with Gasteiger partial charge in [-0.25, -0.2) is 4.98 Å². The molecule has 5 heteroatoms. The molecule has 1 N–H and O–H groups in total. The summed E-state index contributed by atoms with van der Waals surface area (Å²) >= 11 is 0. The Bertz CT molecular complexity index is 792. The van der Waals surface area contributed by atoms with Gasteiger partial charge in [0.1, 0.15) is 11.7 Å². The van der Waals surface area contributed by atoms with Crippen LogP contribution >= 0.6 is 0 Å². The molecule has 1 fully saturated rings. The van der Waals surface area contributed by atoms with E-state index in [2.05, 4.69) is 16.4 Å². The van der Waals surface area contributed by atoms with Crippen LogP contribution in [-0.4, -0.2) is 22.2 Å². The van der Waals surface area contributed by atoms with Crippen LogP contribution in [-0.2, 0) is 18.3 Å². The van der Waals surface area contributed by atoms with Gasteiger partial charge in [-0.05, 0) is 18.9 Å². The molecule has 0 saturated carbocycles. The maximum atomic E-state index is 5.92. The van der Waals surface area contributed by atoms with Gasteiger partial charge in [-0.3, -0.25) is 0 Å². The summed E-state index contributed by atoms with van der Waals surface area (Å²) in [6.07, 6.45) is 7.70. The fourth-order valence-corrected chi connectivity index (χ4v) is 3.29. The summed E-state index contributed by atoms with van der Waals surface area (Å²) in [5, 5.41) is 4.85. The van der Waals surface area contributed by atoms with Gasteiger partial charge in [0, 0.05) is 37.2 Å². The zero-order valence-corrected chi connectivity index (χ0v) is 13.2. The van der Waals surface area contributed by atoms with Crippen LogP contribution in [0.25, 0.3) is 11.0 Å². The first kappa shape index (κ1) is 14.5. The lowest BCUT2D eigenvalue weighted by Crippen LogP contribution is -2.36. The van der Waals surface area contributed by atoms with E-state index in [1.807, 2.05) is 48.6 Å². The van der Waals surface area contributed by atoms with Gasteiger partial charge in [-0.1, -0.05) is 18.2 Å². The maximum Gasteiger partial charge on any atom is 0.134 e. The Hall–Kier alpha value is -2.11. The van der Waals surface area contributed by atoms with Gasteiger partial charge >= 0.3 is 0 Å². The SMILES string of the molecule is Cn1cncc1C1CC(NCc2coc3ccccc23)CCO1. The average Bonchev–Trinajstić information content (AvgIpc) is 3.19. The van der Waals surface area contributed by atoms with Crippen LogP contribution in [0, 0.1) is 0 Å². The lowest BCUT2D eigenvalue weighted by atomic mass is 10.0. The summed E-state index contributed by atoms with van der Waals surface area (Å²) in [6.45, 7) is 1.60. The highest BCUT2D eigenvalue weighted by atomic mass is 16.5.